The second kappa shape index (κ2) is 5.85. The van der Waals surface area contributed by atoms with Crippen LogP contribution >= 0.6 is 11.6 Å². The molecule has 1 unspecified atom stereocenters. The summed E-state index contributed by atoms with van der Waals surface area (Å²) in [5.41, 5.74) is 0.709. The minimum absolute atomic E-state index is 0.266. The van der Waals surface area contributed by atoms with Crippen LogP contribution in [-0.2, 0) is 10.0 Å². The second-order valence-corrected chi connectivity index (χ2v) is 7.92. The van der Waals surface area contributed by atoms with E-state index in [9.17, 15) is 8.42 Å². The zero-order valence-electron chi connectivity index (χ0n) is 12.0. The minimum atomic E-state index is -3.51. The molecular weight excluding hydrogens is 310 g/mol. The van der Waals surface area contributed by atoms with Crippen molar-refractivity contribution in [2.45, 2.75) is 17.9 Å². The van der Waals surface area contributed by atoms with Crippen molar-refractivity contribution in [1.29, 1.82) is 0 Å². The highest BCUT2D eigenvalue weighted by Gasteiger charge is 2.32. The van der Waals surface area contributed by atoms with Gasteiger partial charge in [0.1, 0.15) is 0 Å². The van der Waals surface area contributed by atoms with Crippen LogP contribution in [0.1, 0.15) is 5.56 Å². The van der Waals surface area contributed by atoms with Crippen LogP contribution in [0.3, 0.4) is 0 Å². The van der Waals surface area contributed by atoms with Gasteiger partial charge in [0.15, 0.2) is 0 Å². The molecule has 5 nitrogen and oxygen atoms in total. The van der Waals surface area contributed by atoms with Gasteiger partial charge in [0, 0.05) is 50.3 Å². The van der Waals surface area contributed by atoms with E-state index in [1.165, 1.54) is 6.07 Å². The molecule has 4 rings (SSSR count). The van der Waals surface area contributed by atoms with Crippen LogP contribution < -0.4 is 4.72 Å². The lowest BCUT2D eigenvalue weighted by atomic mass is 10.1. The fourth-order valence-corrected chi connectivity index (χ4v) is 4.64. The molecule has 1 aromatic carbocycles. The molecule has 7 heteroatoms. The Kier molecular flexibility index (Phi) is 4.25. The second-order valence-electron chi connectivity index (χ2n) is 5.75. The van der Waals surface area contributed by atoms with E-state index in [2.05, 4.69) is 14.5 Å². The number of benzene rings is 1. The highest BCUT2D eigenvalue weighted by molar-refractivity contribution is 7.89. The summed E-state index contributed by atoms with van der Waals surface area (Å²) in [6.45, 7) is 7.42. The van der Waals surface area contributed by atoms with Gasteiger partial charge >= 0.3 is 0 Å². The number of hydrogen-bond donors (Lipinski definition) is 1. The summed E-state index contributed by atoms with van der Waals surface area (Å²) in [5, 5.41) is 0.438. The maximum atomic E-state index is 12.5. The summed E-state index contributed by atoms with van der Waals surface area (Å²) in [5.74, 6) is 0. The smallest absolute Gasteiger partial charge is 0.240 e. The van der Waals surface area contributed by atoms with Crippen molar-refractivity contribution >= 4 is 21.6 Å². The number of nitrogens with one attached hydrogen (secondary N) is 1. The van der Waals surface area contributed by atoms with Gasteiger partial charge in [-0.15, -0.1) is 0 Å². The van der Waals surface area contributed by atoms with Crippen molar-refractivity contribution in [1.82, 2.24) is 14.5 Å². The Hall–Kier alpha value is -0.660. The molecule has 2 bridgehead atoms. The van der Waals surface area contributed by atoms with Gasteiger partial charge in [-0.25, -0.2) is 13.1 Å². The summed E-state index contributed by atoms with van der Waals surface area (Å²) in [4.78, 5) is 5.03. The Morgan fingerprint density at radius 3 is 2.62 bits per heavy atom. The lowest BCUT2D eigenvalue weighted by Gasteiger charge is -2.47. The van der Waals surface area contributed by atoms with Crippen molar-refractivity contribution < 1.29 is 8.42 Å². The van der Waals surface area contributed by atoms with E-state index in [0.717, 1.165) is 32.7 Å². The molecule has 1 atom stereocenters. The molecule has 3 aliphatic rings. The van der Waals surface area contributed by atoms with Gasteiger partial charge in [-0.2, -0.15) is 0 Å². The number of hydrogen-bond acceptors (Lipinski definition) is 4. The molecule has 3 heterocycles. The monoisotopic (exact) mass is 329 g/mol. The SMILES string of the molecule is Cc1ccc(Cl)cc1S(=O)(=O)NCC1CN2CCN1CC2. The molecule has 0 spiro atoms. The lowest BCUT2D eigenvalue weighted by molar-refractivity contribution is 0.0158. The molecule has 3 fully saturated rings. The van der Waals surface area contributed by atoms with Crippen LogP contribution in [0.25, 0.3) is 0 Å². The van der Waals surface area contributed by atoms with Gasteiger partial charge in [-0.05, 0) is 24.6 Å². The Labute approximate surface area is 130 Å². The first-order chi connectivity index (χ1) is 9.95. The Morgan fingerprint density at radius 2 is 2.00 bits per heavy atom. The average molecular weight is 330 g/mol. The van der Waals surface area contributed by atoms with Crippen LogP contribution in [0.4, 0.5) is 0 Å². The first kappa shape index (κ1) is 15.2. The number of rotatable bonds is 4. The van der Waals surface area contributed by atoms with E-state index < -0.39 is 10.0 Å². The highest BCUT2D eigenvalue weighted by atomic mass is 35.5. The van der Waals surface area contributed by atoms with Gasteiger partial charge in [-0.1, -0.05) is 17.7 Å². The third kappa shape index (κ3) is 3.24. The minimum Gasteiger partial charge on any atom is -0.299 e. The Balaban J connectivity index is 1.70. The Bertz CT molecular complexity index is 627. The van der Waals surface area contributed by atoms with Gasteiger partial charge in [0.25, 0.3) is 0 Å². The van der Waals surface area contributed by atoms with Gasteiger partial charge < -0.3 is 0 Å². The third-order valence-corrected chi connectivity index (χ3v) is 6.14. The zero-order valence-corrected chi connectivity index (χ0v) is 13.6. The van der Waals surface area contributed by atoms with Crippen molar-refractivity contribution in [2.75, 3.05) is 39.3 Å². The fourth-order valence-electron chi connectivity index (χ4n) is 3.07. The normalized spacial score (nSPS) is 28.8. The summed E-state index contributed by atoms with van der Waals surface area (Å²) in [7, 11) is -3.51. The first-order valence-electron chi connectivity index (χ1n) is 7.18. The van der Waals surface area contributed by atoms with Gasteiger partial charge in [0.05, 0.1) is 4.90 Å². The topological polar surface area (TPSA) is 52.7 Å². The van der Waals surface area contributed by atoms with E-state index in [-0.39, 0.29) is 10.9 Å². The van der Waals surface area contributed by atoms with Crippen LogP contribution in [0.2, 0.25) is 5.02 Å². The molecule has 3 saturated heterocycles. The van der Waals surface area contributed by atoms with E-state index in [0.29, 0.717) is 17.1 Å². The van der Waals surface area contributed by atoms with Crippen LogP contribution in [0.15, 0.2) is 23.1 Å². The molecule has 0 saturated carbocycles. The fraction of sp³-hybridized carbons (Fsp3) is 0.571. The molecule has 0 aromatic heterocycles. The van der Waals surface area contributed by atoms with E-state index >= 15 is 0 Å². The van der Waals surface area contributed by atoms with Gasteiger partial charge in [-0.3, -0.25) is 9.80 Å². The van der Waals surface area contributed by atoms with Gasteiger partial charge in [0.2, 0.25) is 10.0 Å². The highest BCUT2D eigenvalue weighted by Crippen LogP contribution is 2.21. The number of nitrogens with zero attached hydrogens (tertiary/aromatic N) is 2. The summed E-state index contributed by atoms with van der Waals surface area (Å²) < 4.78 is 27.6. The average Bonchev–Trinajstić information content (AvgIpc) is 2.49. The number of halogens is 1. The summed E-state index contributed by atoms with van der Waals surface area (Å²) >= 11 is 5.92. The van der Waals surface area contributed by atoms with E-state index in [4.69, 9.17) is 11.6 Å². The molecule has 21 heavy (non-hydrogen) atoms. The maximum absolute atomic E-state index is 12.5. The number of sulfonamides is 1. The third-order valence-electron chi connectivity index (χ3n) is 4.34. The molecule has 1 aromatic rings. The number of aryl methyl sites for hydroxylation is 1. The van der Waals surface area contributed by atoms with Crippen molar-refractivity contribution in [3.63, 3.8) is 0 Å². The quantitative estimate of drug-likeness (QED) is 0.893. The van der Waals surface area contributed by atoms with E-state index in [1.807, 2.05) is 0 Å². The standard InChI is InChI=1S/C14H20ClN3O2S/c1-11-2-3-12(15)8-14(11)21(19,20)16-9-13-10-17-4-6-18(13)7-5-17/h2-3,8,13,16H,4-7,9-10H2,1H3. The summed E-state index contributed by atoms with van der Waals surface area (Å²) in [6.07, 6.45) is 0. The largest absolute Gasteiger partial charge is 0.299 e. The number of piperazine rings is 3. The predicted molar refractivity (Wildman–Crippen MR) is 83.2 cm³/mol. The number of fused-ring (bicyclic) bond motifs is 3. The molecule has 0 aliphatic carbocycles. The van der Waals surface area contributed by atoms with Crippen molar-refractivity contribution in [2.24, 2.45) is 0 Å². The molecule has 116 valence electrons. The summed E-state index contributed by atoms with van der Waals surface area (Å²) in [6, 6.07) is 5.21. The van der Waals surface area contributed by atoms with Crippen molar-refractivity contribution in [3.05, 3.63) is 28.8 Å². The zero-order chi connectivity index (χ0) is 15.0. The molecular formula is C14H20ClN3O2S. The Morgan fingerprint density at radius 1 is 1.29 bits per heavy atom. The first-order valence-corrected chi connectivity index (χ1v) is 9.04. The predicted octanol–water partition coefficient (Wildman–Crippen LogP) is 0.927. The van der Waals surface area contributed by atoms with Crippen molar-refractivity contribution in [3.8, 4) is 0 Å². The molecule has 1 N–H and O–H groups in total. The molecule has 0 amide bonds. The van der Waals surface area contributed by atoms with Crippen LogP contribution in [-0.4, -0.2) is 63.5 Å². The van der Waals surface area contributed by atoms with Crippen LogP contribution in [0, 0.1) is 6.92 Å². The van der Waals surface area contributed by atoms with Crippen LogP contribution in [0.5, 0.6) is 0 Å². The maximum Gasteiger partial charge on any atom is 0.240 e. The molecule has 0 radical (unpaired) electrons. The van der Waals surface area contributed by atoms with E-state index in [1.54, 1.807) is 19.1 Å². The lowest BCUT2D eigenvalue weighted by Crippen LogP contribution is -2.63. The molecule has 3 aliphatic heterocycles.